The Morgan fingerprint density at radius 2 is 2.29 bits per heavy atom. The molecule has 78 valence electrons. The summed E-state index contributed by atoms with van der Waals surface area (Å²) >= 11 is 0. The number of nitrogens with one attached hydrogen (secondary N) is 2. The van der Waals surface area contributed by atoms with Crippen LogP contribution < -0.4 is 5.32 Å². The van der Waals surface area contributed by atoms with Crippen LogP contribution in [0.1, 0.15) is 26.6 Å². The Morgan fingerprint density at radius 3 is 2.79 bits per heavy atom. The lowest BCUT2D eigenvalue weighted by molar-refractivity contribution is -0.128. The second kappa shape index (κ2) is 4.21. The zero-order valence-corrected chi connectivity index (χ0v) is 8.79. The van der Waals surface area contributed by atoms with Gasteiger partial charge in [0, 0.05) is 18.4 Å². The fourth-order valence-corrected chi connectivity index (χ4v) is 0.911. The van der Waals surface area contributed by atoms with Crippen molar-refractivity contribution >= 4 is 5.91 Å². The average Bonchev–Trinajstić information content (AvgIpc) is 2.55. The third kappa shape index (κ3) is 3.16. The van der Waals surface area contributed by atoms with Crippen molar-refractivity contribution in [1.82, 2.24) is 20.5 Å². The number of hydrogen-bond acceptors (Lipinski definition) is 3. The van der Waals surface area contributed by atoms with E-state index in [-0.39, 0.29) is 11.3 Å². The summed E-state index contributed by atoms with van der Waals surface area (Å²) in [6.07, 6.45) is 2.14. The van der Waals surface area contributed by atoms with Crippen LogP contribution in [0.25, 0.3) is 0 Å². The predicted octanol–water partition coefficient (Wildman–Crippen LogP) is 0.509. The van der Waals surface area contributed by atoms with Gasteiger partial charge in [0.1, 0.15) is 12.2 Å². The standard InChI is InChI=1S/C9H16N4O/c1-9(2,3)8(14)10-5-4-7-11-6-12-13-7/h6H,4-5H2,1-3H3,(H,10,14)(H,11,12,13). The van der Waals surface area contributed by atoms with Crippen molar-refractivity contribution in [3.63, 3.8) is 0 Å². The highest BCUT2D eigenvalue weighted by atomic mass is 16.2. The molecule has 0 aromatic carbocycles. The number of carbonyl (C=O) groups is 1. The maximum absolute atomic E-state index is 11.4. The fourth-order valence-electron chi connectivity index (χ4n) is 0.911. The number of aromatic nitrogens is 3. The average molecular weight is 196 g/mol. The van der Waals surface area contributed by atoms with Crippen molar-refractivity contribution in [2.45, 2.75) is 27.2 Å². The van der Waals surface area contributed by atoms with Crippen LogP contribution in [0.15, 0.2) is 6.33 Å². The van der Waals surface area contributed by atoms with Crippen molar-refractivity contribution in [2.75, 3.05) is 6.54 Å². The summed E-state index contributed by atoms with van der Waals surface area (Å²) in [5.41, 5.74) is -0.332. The molecule has 0 fully saturated rings. The van der Waals surface area contributed by atoms with E-state index in [1.54, 1.807) is 0 Å². The number of nitrogens with zero attached hydrogens (tertiary/aromatic N) is 2. The first-order valence-corrected chi connectivity index (χ1v) is 4.62. The normalized spacial score (nSPS) is 11.4. The van der Waals surface area contributed by atoms with Gasteiger partial charge in [-0.25, -0.2) is 4.98 Å². The van der Waals surface area contributed by atoms with Gasteiger partial charge in [-0.2, -0.15) is 5.10 Å². The van der Waals surface area contributed by atoms with E-state index in [0.717, 1.165) is 5.82 Å². The first kappa shape index (κ1) is 10.7. The van der Waals surface area contributed by atoms with Crippen molar-refractivity contribution in [1.29, 1.82) is 0 Å². The smallest absolute Gasteiger partial charge is 0.225 e. The van der Waals surface area contributed by atoms with E-state index in [1.807, 2.05) is 20.8 Å². The molecule has 0 aliphatic carbocycles. The molecule has 0 aliphatic rings. The van der Waals surface area contributed by atoms with Crippen LogP contribution >= 0.6 is 0 Å². The first-order valence-electron chi connectivity index (χ1n) is 4.62. The van der Waals surface area contributed by atoms with E-state index in [9.17, 15) is 4.79 Å². The Bertz CT molecular complexity index is 286. The molecular weight excluding hydrogens is 180 g/mol. The minimum Gasteiger partial charge on any atom is -0.355 e. The summed E-state index contributed by atoms with van der Waals surface area (Å²) < 4.78 is 0. The van der Waals surface area contributed by atoms with Crippen molar-refractivity contribution in [3.8, 4) is 0 Å². The molecular formula is C9H16N4O. The maximum Gasteiger partial charge on any atom is 0.225 e. The van der Waals surface area contributed by atoms with Crippen LogP contribution in [-0.4, -0.2) is 27.6 Å². The highest BCUT2D eigenvalue weighted by Gasteiger charge is 2.20. The Labute approximate surface area is 83.3 Å². The molecule has 0 atom stereocenters. The SMILES string of the molecule is CC(C)(C)C(=O)NCCc1ncn[nH]1. The molecule has 1 amide bonds. The second-order valence-electron chi connectivity index (χ2n) is 4.19. The van der Waals surface area contributed by atoms with E-state index in [0.29, 0.717) is 13.0 Å². The Morgan fingerprint density at radius 1 is 1.57 bits per heavy atom. The highest BCUT2D eigenvalue weighted by molar-refractivity contribution is 5.81. The second-order valence-corrected chi connectivity index (χ2v) is 4.19. The minimum absolute atomic E-state index is 0.0528. The van der Waals surface area contributed by atoms with Crippen LogP contribution in [0, 0.1) is 5.41 Å². The van der Waals surface area contributed by atoms with Crippen LogP contribution in [0.3, 0.4) is 0 Å². The molecule has 5 heteroatoms. The van der Waals surface area contributed by atoms with Crippen LogP contribution in [0.5, 0.6) is 0 Å². The number of carbonyl (C=O) groups excluding carboxylic acids is 1. The Kier molecular flexibility index (Phi) is 3.22. The van der Waals surface area contributed by atoms with Gasteiger partial charge in [0.05, 0.1) is 0 Å². The summed E-state index contributed by atoms with van der Waals surface area (Å²) in [7, 11) is 0. The molecule has 2 N–H and O–H groups in total. The minimum atomic E-state index is -0.332. The lowest BCUT2D eigenvalue weighted by Crippen LogP contribution is -2.36. The lowest BCUT2D eigenvalue weighted by Gasteiger charge is -2.17. The van der Waals surface area contributed by atoms with Gasteiger partial charge >= 0.3 is 0 Å². The largest absolute Gasteiger partial charge is 0.355 e. The van der Waals surface area contributed by atoms with Gasteiger partial charge in [-0.1, -0.05) is 20.8 Å². The van der Waals surface area contributed by atoms with Crippen LogP contribution in [0.4, 0.5) is 0 Å². The van der Waals surface area contributed by atoms with Gasteiger partial charge in [-0.15, -0.1) is 0 Å². The summed E-state index contributed by atoms with van der Waals surface area (Å²) in [4.78, 5) is 15.4. The molecule has 14 heavy (non-hydrogen) atoms. The van der Waals surface area contributed by atoms with Crippen molar-refractivity contribution < 1.29 is 4.79 Å². The number of H-pyrrole nitrogens is 1. The van der Waals surface area contributed by atoms with Gasteiger partial charge in [0.15, 0.2) is 0 Å². The molecule has 0 saturated carbocycles. The summed E-state index contributed by atoms with van der Waals surface area (Å²) in [6.45, 7) is 6.25. The summed E-state index contributed by atoms with van der Waals surface area (Å²) in [5, 5.41) is 9.29. The molecule has 1 heterocycles. The molecule has 0 saturated heterocycles. The van der Waals surface area contributed by atoms with E-state index in [2.05, 4.69) is 20.5 Å². The molecule has 5 nitrogen and oxygen atoms in total. The molecule has 1 aromatic heterocycles. The monoisotopic (exact) mass is 196 g/mol. The quantitative estimate of drug-likeness (QED) is 0.740. The molecule has 0 aliphatic heterocycles. The fraction of sp³-hybridized carbons (Fsp3) is 0.667. The highest BCUT2D eigenvalue weighted by Crippen LogP contribution is 2.11. The predicted molar refractivity (Wildman–Crippen MR) is 52.6 cm³/mol. The number of hydrogen-bond donors (Lipinski definition) is 2. The number of amides is 1. The molecule has 0 bridgehead atoms. The first-order chi connectivity index (χ1) is 6.50. The van der Waals surface area contributed by atoms with Crippen molar-refractivity contribution in [2.24, 2.45) is 5.41 Å². The van der Waals surface area contributed by atoms with Gasteiger partial charge in [-0.05, 0) is 0 Å². The van der Waals surface area contributed by atoms with Gasteiger partial charge in [-0.3, -0.25) is 9.89 Å². The van der Waals surface area contributed by atoms with Gasteiger partial charge in [0.25, 0.3) is 0 Å². The molecule has 0 radical (unpaired) electrons. The third-order valence-corrected chi connectivity index (χ3v) is 1.79. The molecule has 1 rings (SSSR count). The van der Waals surface area contributed by atoms with E-state index in [4.69, 9.17) is 0 Å². The number of rotatable bonds is 3. The van der Waals surface area contributed by atoms with Crippen molar-refractivity contribution in [3.05, 3.63) is 12.2 Å². The molecule has 0 unspecified atom stereocenters. The lowest BCUT2D eigenvalue weighted by atomic mass is 9.96. The van der Waals surface area contributed by atoms with E-state index < -0.39 is 0 Å². The molecule has 0 spiro atoms. The Balaban J connectivity index is 2.26. The van der Waals surface area contributed by atoms with Gasteiger partial charge in [0.2, 0.25) is 5.91 Å². The maximum atomic E-state index is 11.4. The van der Waals surface area contributed by atoms with Crippen LogP contribution in [-0.2, 0) is 11.2 Å². The van der Waals surface area contributed by atoms with E-state index in [1.165, 1.54) is 6.33 Å². The zero-order valence-electron chi connectivity index (χ0n) is 8.79. The van der Waals surface area contributed by atoms with Gasteiger partial charge < -0.3 is 5.32 Å². The molecule has 1 aromatic rings. The zero-order chi connectivity index (χ0) is 10.6. The van der Waals surface area contributed by atoms with E-state index >= 15 is 0 Å². The topological polar surface area (TPSA) is 70.7 Å². The summed E-state index contributed by atoms with van der Waals surface area (Å²) in [5.74, 6) is 0.844. The Hall–Kier alpha value is -1.39. The number of aromatic amines is 1. The van der Waals surface area contributed by atoms with Crippen LogP contribution in [0.2, 0.25) is 0 Å². The third-order valence-electron chi connectivity index (χ3n) is 1.79. The summed E-state index contributed by atoms with van der Waals surface area (Å²) in [6, 6.07) is 0.